The SMILES string of the molecule is CC(C)(C)[C@H]1COC(c2cccc3cc4cccc(C5=N[C@@H](C(C)(C)C)CO5)c4cc23)=N1. The van der Waals surface area contributed by atoms with Crippen molar-refractivity contribution >= 4 is 33.3 Å². The first-order valence-corrected chi connectivity index (χ1v) is 11.5. The van der Waals surface area contributed by atoms with Crippen molar-refractivity contribution in [3.05, 3.63) is 59.7 Å². The number of hydrogen-bond acceptors (Lipinski definition) is 4. The molecule has 0 amide bonds. The third-order valence-corrected chi connectivity index (χ3v) is 6.64. The van der Waals surface area contributed by atoms with E-state index < -0.39 is 0 Å². The van der Waals surface area contributed by atoms with Gasteiger partial charge in [-0.15, -0.1) is 0 Å². The predicted molar refractivity (Wildman–Crippen MR) is 133 cm³/mol. The van der Waals surface area contributed by atoms with Crippen molar-refractivity contribution in [3.63, 3.8) is 0 Å². The number of fused-ring (bicyclic) bond motifs is 2. The third kappa shape index (κ3) is 3.66. The summed E-state index contributed by atoms with van der Waals surface area (Å²) in [6, 6.07) is 17.5. The first-order chi connectivity index (χ1) is 15.1. The lowest BCUT2D eigenvalue weighted by Crippen LogP contribution is -2.25. The van der Waals surface area contributed by atoms with E-state index in [4.69, 9.17) is 19.5 Å². The van der Waals surface area contributed by atoms with Gasteiger partial charge in [-0.3, -0.25) is 0 Å². The second-order valence-electron chi connectivity index (χ2n) is 11.2. The molecule has 2 aliphatic rings. The lowest BCUT2D eigenvalue weighted by atomic mass is 9.88. The van der Waals surface area contributed by atoms with Crippen LogP contribution >= 0.6 is 0 Å². The maximum Gasteiger partial charge on any atom is 0.217 e. The second kappa shape index (κ2) is 7.33. The molecule has 3 aromatic rings. The van der Waals surface area contributed by atoms with Crippen LogP contribution in [0.15, 0.2) is 58.5 Å². The van der Waals surface area contributed by atoms with Gasteiger partial charge in [0, 0.05) is 11.1 Å². The van der Waals surface area contributed by atoms with Crippen LogP contribution in [0, 0.1) is 10.8 Å². The highest BCUT2D eigenvalue weighted by atomic mass is 16.5. The van der Waals surface area contributed by atoms with Gasteiger partial charge in [-0.25, -0.2) is 9.98 Å². The monoisotopic (exact) mass is 428 g/mol. The molecule has 3 aromatic carbocycles. The van der Waals surface area contributed by atoms with Crippen molar-refractivity contribution in [3.8, 4) is 0 Å². The van der Waals surface area contributed by atoms with Gasteiger partial charge >= 0.3 is 0 Å². The number of benzene rings is 3. The lowest BCUT2D eigenvalue weighted by Gasteiger charge is -2.21. The van der Waals surface area contributed by atoms with E-state index in [1.165, 1.54) is 10.8 Å². The summed E-state index contributed by atoms with van der Waals surface area (Å²) in [7, 11) is 0. The Morgan fingerprint density at radius 3 is 1.47 bits per heavy atom. The number of ether oxygens (including phenoxy) is 2. The number of aliphatic imine (C=N–C) groups is 2. The zero-order valence-electron chi connectivity index (χ0n) is 19.9. The molecule has 2 atom stereocenters. The highest BCUT2D eigenvalue weighted by molar-refractivity contribution is 6.15. The summed E-state index contributed by atoms with van der Waals surface area (Å²) in [5, 5.41) is 4.65. The molecule has 0 saturated carbocycles. The van der Waals surface area contributed by atoms with Gasteiger partial charge in [-0.05, 0) is 56.6 Å². The van der Waals surface area contributed by atoms with E-state index in [2.05, 4.69) is 90.1 Å². The van der Waals surface area contributed by atoms with Crippen molar-refractivity contribution in [1.29, 1.82) is 0 Å². The summed E-state index contributed by atoms with van der Waals surface area (Å²) in [6.07, 6.45) is 0. The summed E-state index contributed by atoms with van der Waals surface area (Å²) in [5.74, 6) is 1.49. The Bertz CT molecular complexity index is 1160. The molecule has 0 spiro atoms. The lowest BCUT2D eigenvalue weighted by molar-refractivity contribution is 0.235. The third-order valence-electron chi connectivity index (χ3n) is 6.64. The Morgan fingerprint density at radius 1 is 0.656 bits per heavy atom. The zero-order valence-corrected chi connectivity index (χ0v) is 19.9. The highest BCUT2D eigenvalue weighted by Gasteiger charge is 2.32. The van der Waals surface area contributed by atoms with E-state index in [0.717, 1.165) is 33.7 Å². The smallest absolute Gasteiger partial charge is 0.217 e. The Hall–Kier alpha value is -2.88. The second-order valence-corrected chi connectivity index (χ2v) is 11.2. The molecule has 0 radical (unpaired) electrons. The van der Waals surface area contributed by atoms with Crippen LogP contribution in [-0.2, 0) is 9.47 Å². The van der Waals surface area contributed by atoms with Crippen molar-refractivity contribution in [1.82, 2.24) is 0 Å². The van der Waals surface area contributed by atoms with Crippen LogP contribution in [0.3, 0.4) is 0 Å². The predicted octanol–water partition coefficient (Wildman–Crippen LogP) is 6.38. The quantitative estimate of drug-likeness (QED) is 0.445. The fourth-order valence-corrected chi connectivity index (χ4v) is 4.35. The summed E-state index contributed by atoms with van der Waals surface area (Å²) in [5.41, 5.74) is 2.25. The largest absolute Gasteiger partial charge is 0.475 e. The maximum atomic E-state index is 6.08. The Labute approximate surface area is 190 Å². The van der Waals surface area contributed by atoms with Crippen molar-refractivity contribution in [2.24, 2.45) is 20.8 Å². The fraction of sp³-hybridized carbons (Fsp3) is 0.429. The number of nitrogens with zero attached hydrogens (tertiary/aromatic N) is 2. The summed E-state index contributed by atoms with van der Waals surface area (Å²) >= 11 is 0. The number of rotatable bonds is 2. The van der Waals surface area contributed by atoms with Crippen LogP contribution < -0.4 is 0 Å². The van der Waals surface area contributed by atoms with Crippen molar-refractivity contribution in [2.45, 2.75) is 53.6 Å². The average Bonchev–Trinajstić information content (AvgIpc) is 3.41. The van der Waals surface area contributed by atoms with E-state index >= 15 is 0 Å². The molecule has 5 rings (SSSR count). The molecule has 0 bridgehead atoms. The Morgan fingerprint density at radius 2 is 1.09 bits per heavy atom. The van der Waals surface area contributed by atoms with E-state index in [-0.39, 0.29) is 22.9 Å². The van der Waals surface area contributed by atoms with E-state index in [1.807, 2.05) is 0 Å². The van der Waals surface area contributed by atoms with Gasteiger partial charge in [0.2, 0.25) is 11.8 Å². The van der Waals surface area contributed by atoms with Gasteiger partial charge in [0.1, 0.15) is 13.2 Å². The summed E-state index contributed by atoms with van der Waals surface area (Å²) in [4.78, 5) is 9.89. The van der Waals surface area contributed by atoms with Crippen LogP contribution in [0.25, 0.3) is 21.5 Å². The van der Waals surface area contributed by atoms with Crippen LogP contribution in [0.5, 0.6) is 0 Å². The minimum absolute atomic E-state index is 0.0771. The number of hydrogen-bond donors (Lipinski definition) is 0. The normalized spacial score (nSPS) is 21.4. The highest BCUT2D eigenvalue weighted by Crippen LogP contribution is 2.34. The summed E-state index contributed by atoms with van der Waals surface area (Å²) < 4.78 is 12.2. The summed E-state index contributed by atoms with van der Waals surface area (Å²) in [6.45, 7) is 14.5. The molecule has 0 aromatic heterocycles. The molecule has 2 heterocycles. The Kier molecular flexibility index (Phi) is 4.81. The average molecular weight is 429 g/mol. The van der Waals surface area contributed by atoms with Crippen LogP contribution in [0.1, 0.15) is 52.7 Å². The molecule has 4 heteroatoms. The first kappa shape index (κ1) is 21.0. The minimum Gasteiger partial charge on any atom is -0.475 e. The molecular formula is C28H32N2O2. The van der Waals surface area contributed by atoms with Crippen molar-refractivity contribution in [2.75, 3.05) is 13.2 Å². The minimum atomic E-state index is 0.0771. The van der Waals surface area contributed by atoms with Crippen molar-refractivity contribution < 1.29 is 9.47 Å². The molecule has 32 heavy (non-hydrogen) atoms. The Balaban J connectivity index is 1.65. The van der Waals surface area contributed by atoms with Gasteiger partial charge in [0.15, 0.2) is 0 Å². The van der Waals surface area contributed by atoms with Crippen LogP contribution in [-0.4, -0.2) is 37.1 Å². The van der Waals surface area contributed by atoms with E-state index in [1.54, 1.807) is 0 Å². The van der Waals surface area contributed by atoms with Crippen LogP contribution in [0.4, 0.5) is 0 Å². The van der Waals surface area contributed by atoms with Gasteiger partial charge in [-0.1, -0.05) is 65.8 Å². The molecule has 0 fully saturated rings. The fourth-order valence-electron chi connectivity index (χ4n) is 4.35. The van der Waals surface area contributed by atoms with Gasteiger partial charge < -0.3 is 9.47 Å². The molecule has 166 valence electrons. The van der Waals surface area contributed by atoms with E-state index in [0.29, 0.717) is 13.2 Å². The van der Waals surface area contributed by atoms with Gasteiger partial charge in [-0.2, -0.15) is 0 Å². The van der Waals surface area contributed by atoms with Crippen LogP contribution in [0.2, 0.25) is 0 Å². The molecular weight excluding hydrogens is 396 g/mol. The molecule has 0 N–H and O–H groups in total. The molecule has 0 unspecified atom stereocenters. The first-order valence-electron chi connectivity index (χ1n) is 11.5. The maximum absolute atomic E-state index is 6.08. The van der Waals surface area contributed by atoms with Gasteiger partial charge in [0.05, 0.1) is 12.1 Å². The van der Waals surface area contributed by atoms with Gasteiger partial charge in [0.25, 0.3) is 0 Å². The standard InChI is InChI=1S/C28H32N2O2/c1-27(2,3)23-15-31-25(29-23)19-11-7-9-17-13-18-10-8-12-20(22(18)14-21(17)19)26-30-24(16-32-26)28(4,5)6/h7-14,23-24H,15-16H2,1-6H3/t23-,24-/m1/s1. The molecule has 2 aliphatic heterocycles. The molecule has 0 aliphatic carbocycles. The molecule has 0 saturated heterocycles. The molecule has 4 nitrogen and oxygen atoms in total. The van der Waals surface area contributed by atoms with E-state index in [9.17, 15) is 0 Å². The topological polar surface area (TPSA) is 43.2 Å². The zero-order chi connectivity index (χ0) is 22.7.